The van der Waals surface area contributed by atoms with Crippen molar-refractivity contribution in [3.05, 3.63) is 66.6 Å². The smallest absolute Gasteiger partial charge is 0.310 e. The number of morpholine rings is 1. The molecule has 8 nitrogen and oxygen atoms in total. The van der Waals surface area contributed by atoms with Crippen molar-refractivity contribution in [3.8, 4) is 22.4 Å². The standard InChI is InChI=1S/C27H29N5O3/c1-2-35-27(33)15-20-3-5-21(6-4-20)26-18-28-25-16-22(7-8-24(25)30-26)23-17-29-32(19-23)10-9-31-11-13-34-14-12-31/h3-8,16-19H,2,9-15H2,1H3. The minimum absolute atomic E-state index is 0.218. The second-order valence-electron chi connectivity index (χ2n) is 8.58. The maximum atomic E-state index is 11.7. The van der Waals surface area contributed by atoms with Crippen molar-refractivity contribution < 1.29 is 14.3 Å². The summed E-state index contributed by atoms with van der Waals surface area (Å²) in [6.45, 7) is 7.62. The average molecular weight is 472 g/mol. The number of rotatable bonds is 8. The lowest BCUT2D eigenvalue weighted by molar-refractivity contribution is -0.142. The molecule has 0 bridgehead atoms. The molecule has 0 saturated carbocycles. The first-order valence-corrected chi connectivity index (χ1v) is 12.0. The Labute approximate surface area is 204 Å². The van der Waals surface area contributed by atoms with E-state index in [2.05, 4.69) is 33.3 Å². The maximum Gasteiger partial charge on any atom is 0.310 e. The van der Waals surface area contributed by atoms with Crippen LogP contribution in [0.5, 0.6) is 0 Å². The first kappa shape index (κ1) is 23.1. The summed E-state index contributed by atoms with van der Waals surface area (Å²) in [5.41, 5.74) is 6.47. The molecule has 0 aliphatic carbocycles. The maximum absolute atomic E-state index is 11.7. The third-order valence-electron chi connectivity index (χ3n) is 6.16. The Bertz CT molecular complexity index is 1300. The molecule has 35 heavy (non-hydrogen) atoms. The molecule has 0 radical (unpaired) electrons. The van der Waals surface area contributed by atoms with E-state index in [4.69, 9.17) is 14.5 Å². The lowest BCUT2D eigenvalue weighted by Crippen LogP contribution is -2.38. The lowest BCUT2D eigenvalue weighted by Gasteiger charge is -2.26. The number of esters is 1. The number of benzene rings is 2. The SMILES string of the molecule is CCOC(=O)Cc1ccc(-c2cnc3cc(-c4cnn(CCN5CCOCC5)c4)ccc3n2)cc1. The lowest BCUT2D eigenvalue weighted by atomic mass is 10.1. The quantitative estimate of drug-likeness (QED) is 0.363. The third-order valence-corrected chi connectivity index (χ3v) is 6.16. The van der Waals surface area contributed by atoms with Gasteiger partial charge in [-0.2, -0.15) is 5.10 Å². The molecule has 1 saturated heterocycles. The van der Waals surface area contributed by atoms with Gasteiger partial charge in [0.1, 0.15) is 0 Å². The van der Waals surface area contributed by atoms with Crippen molar-refractivity contribution in [3.63, 3.8) is 0 Å². The predicted molar refractivity (Wildman–Crippen MR) is 134 cm³/mol. The van der Waals surface area contributed by atoms with Gasteiger partial charge in [-0.25, -0.2) is 4.98 Å². The Balaban J connectivity index is 1.27. The minimum Gasteiger partial charge on any atom is -0.466 e. The molecule has 8 heteroatoms. The van der Waals surface area contributed by atoms with Crippen molar-refractivity contribution in [1.29, 1.82) is 0 Å². The number of carbonyl (C=O) groups is 1. The van der Waals surface area contributed by atoms with Crippen molar-refractivity contribution in [2.75, 3.05) is 39.5 Å². The van der Waals surface area contributed by atoms with Gasteiger partial charge in [0, 0.05) is 37.0 Å². The van der Waals surface area contributed by atoms with Crippen LogP contribution >= 0.6 is 0 Å². The van der Waals surface area contributed by atoms with Crippen LogP contribution in [0.2, 0.25) is 0 Å². The number of nitrogens with zero attached hydrogens (tertiary/aromatic N) is 5. The van der Waals surface area contributed by atoms with Crippen LogP contribution in [0, 0.1) is 0 Å². The van der Waals surface area contributed by atoms with Crippen molar-refractivity contribution in [1.82, 2.24) is 24.6 Å². The Kier molecular flexibility index (Phi) is 7.11. The number of hydrogen-bond donors (Lipinski definition) is 0. The highest BCUT2D eigenvalue weighted by Crippen LogP contribution is 2.25. The Morgan fingerprint density at radius 3 is 2.57 bits per heavy atom. The first-order chi connectivity index (χ1) is 17.2. The van der Waals surface area contributed by atoms with Crippen molar-refractivity contribution in [2.45, 2.75) is 19.9 Å². The van der Waals surface area contributed by atoms with Crippen LogP contribution in [0.1, 0.15) is 12.5 Å². The van der Waals surface area contributed by atoms with E-state index in [1.165, 1.54) is 0 Å². The van der Waals surface area contributed by atoms with E-state index in [1.807, 2.05) is 48.1 Å². The first-order valence-electron chi connectivity index (χ1n) is 12.0. The van der Waals surface area contributed by atoms with E-state index in [-0.39, 0.29) is 12.4 Å². The van der Waals surface area contributed by atoms with Crippen LogP contribution in [0.25, 0.3) is 33.4 Å². The molecule has 4 aromatic rings. The van der Waals surface area contributed by atoms with Gasteiger partial charge in [0.05, 0.1) is 61.9 Å². The molecule has 1 aliphatic rings. The monoisotopic (exact) mass is 471 g/mol. The fourth-order valence-corrected chi connectivity index (χ4v) is 4.20. The summed E-state index contributed by atoms with van der Waals surface area (Å²) in [6.07, 6.45) is 6.05. The molecule has 5 rings (SSSR count). The van der Waals surface area contributed by atoms with E-state index in [0.717, 1.165) is 78.4 Å². The number of hydrogen-bond acceptors (Lipinski definition) is 7. The number of fused-ring (bicyclic) bond motifs is 1. The van der Waals surface area contributed by atoms with Gasteiger partial charge in [-0.15, -0.1) is 0 Å². The Morgan fingerprint density at radius 1 is 0.971 bits per heavy atom. The zero-order valence-electron chi connectivity index (χ0n) is 19.9. The van der Waals surface area contributed by atoms with Crippen LogP contribution in [0.3, 0.4) is 0 Å². The second kappa shape index (κ2) is 10.8. The molecule has 0 N–H and O–H groups in total. The van der Waals surface area contributed by atoms with Gasteiger partial charge in [0.2, 0.25) is 0 Å². The van der Waals surface area contributed by atoms with E-state index < -0.39 is 0 Å². The molecule has 1 fully saturated rings. The van der Waals surface area contributed by atoms with Crippen LogP contribution in [0.4, 0.5) is 0 Å². The molecular formula is C27H29N5O3. The number of ether oxygens (including phenoxy) is 2. The predicted octanol–water partition coefficient (Wildman–Crippen LogP) is 3.60. The molecule has 0 atom stereocenters. The van der Waals surface area contributed by atoms with Crippen LogP contribution < -0.4 is 0 Å². The van der Waals surface area contributed by atoms with Crippen LogP contribution in [-0.4, -0.2) is 70.1 Å². The van der Waals surface area contributed by atoms with Gasteiger partial charge >= 0.3 is 5.97 Å². The van der Waals surface area contributed by atoms with Gasteiger partial charge in [0.25, 0.3) is 0 Å². The Morgan fingerprint density at radius 2 is 1.77 bits per heavy atom. The molecule has 2 aromatic heterocycles. The molecule has 0 unspecified atom stereocenters. The summed E-state index contributed by atoms with van der Waals surface area (Å²) < 4.78 is 12.4. The summed E-state index contributed by atoms with van der Waals surface area (Å²) in [7, 11) is 0. The van der Waals surface area contributed by atoms with E-state index >= 15 is 0 Å². The van der Waals surface area contributed by atoms with Gasteiger partial charge < -0.3 is 9.47 Å². The highest BCUT2D eigenvalue weighted by atomic mass is 16.5. The fourth-order valence-electron chi connectivity index (χ4n) is 4.20. The van der Waals surface area contributed by atoms with Crippen molar-refractivity contribution >= 4 is 17.0 Å². The van der Waals surface area contributed by atoms with E-state index in [0.29, 0.717) is 6.61 Å². The highest BCUT2D eigenvalue weighted by molar-refractivity contribution is 5.82. The normalized spacial score (nSPS) is 14.3. The summed E-state index contributed by atoms with van der Waals surface area (Å²) in [5.74, 6) is -0.218. The molecule has 0 amide bonds. The zero-order valence-corrected chi connectivity index (χ0v) is 19.9. The Hall–Kier alpha value is -3.62. The summed E-state index contributed by atoms with van der Waals surface area (Å²) in [6, 6.07) is 13.9. The van der Waals surface area contributed by atoms with Crippen LogP contribution in [-0.2, 0) is 27.2 Å². The van der Waals surface area contributed by atoms with E-state index in [9.17, 15) is 4.79 Å². The minimum atomic E-state index is -0.218. The van der Waals surface area contributed by atoms with Gasteiger partial charge in [-0.1, -0.05) is 30.3 Å². The molecule has 180 valence electrons. The molecule has 2 aromatic carbocycles. The molecular weight excluding hydrogens is 442 g/mol. The van der Waals surface area contributed by atoms with Gasteiger partial charge in [-0.05, 0) is 30.2 Å². The molecule has 1 aliphatic heterocycles. The van der Waals surface area contributed by atoms with Crippen molar-refractivity contribution in [2.24, 2.45) is 0 Å². The zero-order chi connectivity index (χ0) is 24.0. The summed E-state index contributed by atoms with van der Waals surface area (Å²) in [5, 5.41) is 4.54. The van der Waals surface area contributed by atoms with E-state index in [1.54, 1.807) is 6.20 Å². The largest absolute Gasteiger partial charge is 0.466 e. The average Bonchev–Trinajstić information content (AvgIpc) is 3.37. The molecule has 3 heterocycles. The van der Waals surface area contributed by atoms with Gasteiger partial charge in [-0.3, -0.25) is 19.4 Å². The summed E-state index contributed by atoms with van der Waals surface area (Å²) >= 11 is 0. The second-order valence-corrected chi connectivity index (χ2v) is 8.58. The number of aromatic nitrogens is 4. The highest BCUT2D eigenvalue weighted by Gasteiger charge is 2.11. The van der Waals surface area contributed by atoms with Gasteiger partial charge in [0.15, 0.2) is 0 Å². The topological polar surface area (TPSA) is 82.4 Å². The molecule has 0 spiro atoms. The number of carbonyl (C=O) groups excluding carboxylic acids is 1. The summed E-state index contributed by atoms with van der Waals surface area (Å²) in [4.78, 5) is 23.5. The third kappa shape index (κ3) is 5.72. The van der Waals surface area contributed by atoms with Crippen LogP contribution in [0.15, 0.2) is 61.1 Å². The fraction of sp³-hybridized carbons (Fsp3) is 0.333.